The number of likely N-dealkylation sites (N-methyl/N-ethyl adjacent to an activating group) is 1. The van der Waals surface area contributed by atoms with Crippen molar-refractivity contribution in [3.8, 4) is 17.3 Å². The molecule has 2 amide bonds. The van der Waals surface area contributed by atoms with Crippen LogP contribution in [0.3, 0.4) is 0 Å². The molecule has 0 heterocycles. The van der Waals surface area contributed by atoms with E-state index in [0.29, 0.717) is 18.4 Å². The smallest absolute Gasteiger partial charge is 0.261 e. The SMILES string of the molecule is CN(C#N)C(=O)C1(NC(=O)c2cccc(-c3ccccc3)c2)CCCCC1. The number of amides is 2. The quantitative estimate of drug-likeness (QED) is 0.666. The third kappa shape index (κ3) is 4.01. The summed E-state index contributed by atoms with van der Waals surface area (Å²) in [4.78, 5) is 26.8. The van der Waals surface area contributed by atoms with Crippen molar-refractivity contribution >= 4 is 11.8 Å². The van der Waals surface area contributed by atoms with Gasteiger partial charge in [0, 0.05) is 12.6 Å². The standard InChI is InChI=1S/C22H23N3O2/c1-25(16-23)21(27)22(13-6-3-7-14-22)24-20(26)19-12-8-11-18(15-19)17-9-4-2-5-10-17/h2,4-5,8-12,15H,3,6-7,13-14H2,1H3,(H,24,26). The molecule has 1 aliphatic carbocycles. The third-order valence-corrected chi connectivity index (χ3v) is 5.16. The predicted octanol–water partition coefficient (Wildman–Crippen LogP) is 3.73. The molecule has 0 aromatic heterocycles. The lowest BCUT2D eigenvalue weighted by Gasteiger charge is -2.37. The van der Waals surface area contributed by atoms with E-state index in [1.807, 2.05) is 54.7 Å². The Balaban J connectivity index is 1.86. The zero-order valence-corrected chi connectivity index (χ0v) is 15.4. The average molecular weight is 361 g/mol. The number of nitrogens with one attached hydrogen (secondary N) is 1. The molecule has 0 bridgehead atoms. The van der Waals surface area contributed by atoms with Gasteiger partial charge in [-0.05, 0) is 36.1 Å². The van der Waals surface area contributed by atoms with Gasteiger partial charge in [-0.2, -0.15) is 5.26 Å². The highest BCUT2D eigenvalue weighted by Gasteiger charge is 2.42. The van der Waals surface area contributed by atoms with Gasteiger partial charge in [-0.25, -0.2) is 0 Å². The lowest BCUT2D eigenvalue weighted by Crippen LogP contribution is -2.59. The van der Waals surface area contributed by atoms with Crippen LogP contribution in [0.2, 0.25) is 0 Å². The van der Waals surface area contributed by atoms with Crippen LogP contribution in [0.15, 0.2) is 54.6 Å². The fourth-order valence-corrected chi connectivity index (χ4v) is 3.67. The zero-order valence-electron chi connectivity index (χ0n) is 15.4. The lowest BCUT2D eigenvalue weighted by atomic mass is 9.80. The van der Waals surface area contributed by atoms with E-state index in [9.17, 15) is 9.59 Å². The summed E-state index contributed by atoms with van der Waals surface area (Å²) in [5.74, 6) is -0.619. The number of rotatable bonds is 4. The van der Waals surface area contributed by atoms with Gasteiger partial charge < -0.3 is 5.32 Å². The van der Waals surface area contributed by atoms with E-state index in [4.69, 9.17) is 5.26 Å². The van der Waals surface area contributed by atoms with E-state index in [0.717, 1.165) is 35.3 Å². The highest BCUT2D eigenvalue weighted by atomic mass is 16.2. The molecule has 0 unspecified atom stereocenters. The highest BCUT2D eigenvalue weighted by Crippen LogP contribution is 2.30. The van der Waals surface area contributed by atoms with Crippen molar-refractivity contribution in [3.63, 3.8) is 0 Å². The van der Waals surface area contributed by atoms with Crippen molar-refractivity contribution in [1.29, 1.82) is 5.26 Å². The van der Waals surface area contributed by atoms with E-state index in [2.05, 4.69) is 5.32 Å². The number of carbonyl (C=O) groups is 2. The van der Waals surface area contributed by atoms with Crippen LogP contribution < -0.4 is 5.32 Å². The van der Waals surface area contributed by atoms with E-state index in [-0.39, 0.29) is 11.8 Å². The van der Waals surface area contributed by atoms with Crippen LogP contribution >= 0.6 is 0 Å². The second kappa shape index (κ2) is 8.05. The minimum atomic E-state index is -0.997. The number of nitrogens with zero attached hydrogens (tertiary/aromatic N) is 2. The molecular weight excluding hydrogens is 338 g/mol. The number of hydrogen-bond donors (Lipinski definition) is 1. The third-order valence-electron chi connectivity index (χ3n) is 5.16. The van der Waals surface area contributed by atoms with Crippen molar-refractivity contribution in [1.82, 2.24) is 10.2 Å². The van der Waals surface area contributed by atoms with E-state index in [1.165, 1.54) is 7.05 Å². The average Bonchev–Trinajstić information content (AvgIpc) is 2.74. The molecule has 5 heteroatoms. The second-order valence-corrected chi connectivity index (χ2v) is 7.01. The molecule has 2 aromatic carbocycles. The molecule has 0 saturated heterocycles. The normalized spacial score (nSPS) is 15.4. The molecule has 27 heavy (non-hydrogen) atoms. The predicted molar refractivity (Wildman–Crippen MR) is 104 cm³/mol. The van der Waals surface area contributed by atoms with Gasteiger partial charge in [0.05, 0.1) is 0 Å². The molecule has 1 aliphatic rings. The maximum Gasteiger partial charge on any atom is 0.261 e. The Morgan fingerprint density at radius 1 is 1.00 bits per heavy atom. The molecule has 1 saturated carbocycles. The first kappa shape index (κ1) is 18.7. The van der Waals surface area contributed by atoms with Crippen molar-refractivity contribution in [3.05, 3.63) is 60.2 Å². The fourth-order valence-electron chi connectivity index (χ4n) is 3.67. The van der Waals surface area contributed by atoms with E-state index in [1.54, 1.807) is 6.07 Å². The van der Waals surface area contributed by atoms with Crippen LogP contribution in [-0.2, 0) is 4.79 Å². The van der Waals surface area contributed by atoms with Gasteiger partial charge in [-0.15, -0.1) is 0 Å². The molecule has 2 aromatic rings. The Labute approximate surface area is 159 Å². The molecule has 3 rings (SSSR count). The summed E-state index contributed by atoms with van der Waals surface area (Å²) < 4.78 is 0. The molecule has 0 spiro atoms. The molecule has 138 valence electrons. The molecule has 5 nitrogen and oxygen atoms in total. The topological polar surface area (TPSA) is 73.2 Å². The number of nitriles is 1. The maximum atomic E-state index is 13.0. The van der Waals surface area contributed by atoms with E-state index < -0.39 is 5.54 Å². The molecule has 0 aliphatic heterocycles. The molecule has 0 radical (unpaired) electrons. The zero-order chi connectivity index (χ0) is 19.3. The summed E-state index contributed by atoms with van der Waals surface area (Å²) in [7, 11) is 1.45. The van der Waals surface area contributed by atoms with Gasteiger partial charge in [0.25, 0.3) is 11.8 Å². The molecule has 0 atom stereocenters. The van der Waals surface area contributed by atoms with Crippen molar-refractivity contribution in [2.75, 3.05) is 7.05 Å². The van der Waals surface area contributed by atoms with Crippen molar-refractivity contribution < 1.29 is 9.59 Å². The van der Waals surface area contributed by atoms with Gasteiger partial charge in [0.2, 0.25) is 0 Å². The summed E-state index contributed by atoms with van der Waals surface area (Å²) in [5.41, 5.74) is 1.48. The van der Waals surface area contributed by atoms with Gasteiger partial charge in [0.15, 0.2) is 6.19 Å². The summed E-state index contributed by atoms with van der Waals surface area (Å²) in [6, 6.07) is 17.2. The summed E-state index contributed by atoms with van der Waals surface area (Å²) in [5, 5.41) is 12.1. The largest absolute Gasteiger partial charge is 0.338 e. The van der Waals surface area contributed by atoms with Crippen LogP contribution in [0.5, 0.6) is 0 Å². The number of hydrogen-bond acceptors (Lipinski definition) is 3. The van der Waals surface area contributed by atoms with Crippen LogP contribution in [0, 0.1) is 11.5 Å². The number of benzene rings is 2. The maximum absolute atomic E-state index is 13.0. The van der Waals surface area contributed by atoms with Crippen LogP contribution in [0.1, 0.15) is 42.5 Å². The molecule has 1 fully saturated rings. The van der Waals surface area contributed by atoms with Crippen molar-refractivity contribution in [2.45, 2.75) is 37.6 Å². The monoisotopic (exact) mass is 361 g/mol. The fraction of sp³-hybridized carbons (Fsp3) is 0.318. The Hall–Kier alpha value is -3.13. The minimum absolute atomic E-state index is 0.283. The minimum Gasteiger partial charge on any atom is -0.338 e. The Morgan fingerprint density at radius 3 is 2.33 bits per heavy atom. The summed E-state index contributed by atoms with van der Waals surface area (Å²) >= 11 is 0. The van der Waals surface area contributed by atoms with Gasteiger partial charge in [0.1, 0.15) is 5.54 Å². The van der Waals surface area contributed by atoms with Crippen LogP contribution in [0.4, 0.5) is 0 Å². The van der Waals surface area contributed by atoms with Gasteiger partial charge in [-0.3, -0.25) is 14.5 Å². The second-order valence-electron chi connectivity index (χ2n) is 7.01. The Morgan fingerprint density at radius 2 is 1.67 bits per heavy atom. The van der Waals surface area contributed by atoms with Crippen LogP contribution in [0.25, 0.3) is 11.1 Å². The van der Waals surface area contributed by atoms with Gasteiger partial charge >= 0.3 is 0 Å². The molecular formula is C22H23N3O2. The van der Waals surface area contributed by atoms with Crippen LogP contribution in [-0.4, -0.2) is 29.3 Å². The first-order valence-corrected chi connectivity index (χ1v) is 9.22. The lowest BCUT2D eigenvalue weighted by molar-refractivity contribution is -0.135. The summed E-state index contributed by atoms with van der Waals surface area (Å²) in [6.07, 6.45) is 5.72. The number of carbonyl (C=O) groups excluding carboxylic acids is 2. The summed E-state index contributed by atoms with van der Waals surface area (Å²) in [6.45, 7) is 0. The van der Waals surface area contributed by atoms with E-state index >= 15 is 0 Å². The first-order chi connectivity index (χ1) is 13.1. The highest BCUT2D eigenvalue weighted by molar-refractivity contribution is 6.00. The Kier molecular flexibility index (Phi) is 5.56. The van der Waals surface area contributed by atoms with Gasteiger partial charge in [-0.1, -0.05) is 61.7 Å². The van der Waals surface area contributed by atoms with Crippen molar-refractivity contribution in [2.24, 2.45) is 0 Å². The first-order valence-electron chi connectivity index (χ1n) is 9.22. The Bertz CT molecular complexity index is 865. The molecule has 1 N–H and O–H groups in total.